The van der Waals surface area contributed by atoms with Crippen molar-refractivity contribution in [3.05, 3.63) is 33.4 Å². The minimum atomic E-state index is -1.22. The molecule has 0 saturated heterocycles. The normalized spacial score (nSPS) is 16.0. The molecule has 3 N–H and O–H groups in total. The highest BCUT2D eigenvalue weighted by Crippen LogP contribution is 2.15. The van der Waals surface area contributed by atoms with Gasteiger partial charge in [-0.05, 0) is 47.2 Å². The standard InChI is InChI=1S/C8H10INO/c1-8(10,11)6-2-4-7(9)5-3-6/h2-5,11H,10H2,1H3. The molecule has 0 amide bonds. The lowest BCUT2D eigenvalue weighted by atomic mass is 10.1. The highest BCUT2D eigenvalue weighted by Gasteiger charge is 2.14. The molecule has 0 aliphatic heterocycles. The number of aliphatic hydroxyl groups is 1. The fourth-order valence-corrected chi connectivity index (χ4v) is 1.15. The van der Waals surface area contributed by atoms with E-state index in [-0.39, 0.29) is 0 Å². The largest absolute Gasteiger partial charge is 0.372 e. The van der Waals surface area contributed by atoms with Crippen LogP contribution in [0.25, 0.3) is 0 Å². The van der Waals surface area contributed by atoms with Gasteiger partial charge in [0, 0.05) is 3.57 Å². The van der Waals surface area contributed by atoms with Gasteiger partial charge in [0.1, 0.15) is 5.72 Å². The predicted molar refractivity (Wildman–Crippen MR) is 52.9 cm³/mol. The molecule has 0 radical (unpaired) electrons. The molecule has 0 bridgehead atoms. The lowest BCUT2D eigenvalue weighted by molar-refractivity contribution is 0.0647. The first-order chi connectivity index (χ1) is 5.00. The third kappa shape index (κ3) is 2.43. The highest BCUT2D eigenvalue weighted by molar-refractivity contribution is 14.1. The van der Waals surface area contributed by atoms with E-state index in [2.05, 4.69) is 22.6 Å². The van der Waals surface area contributed by atoms with Gasteiger partial charge < -0.3 is 10.8 Å². The van der Waals surface area contributed by atoms with Gasteiger partial charge in [0.05, 0.1) is 0 Å². The van der Waals surface area contributed by atoms with Crippen molar-refractivity contribution in [3.8, 4) is 0 Å². The van der Waals surface area contributed by atoms with E-state index in [4.69, 9.17) is 5.73 Å². The minimum absolute atomic E-state index is 0.734. The van der Waals surface area contributed by atoms with Crippen LogP contribution in [-0.4, -0.2) is 5.11 Å². The van der Waals surface area contributed by atoms with E-state index in [9.17, 15) is 5.11 Å². The molecule has 0 fully saturated rings. The van der Waals surface area contributed by atoms with Crippen LogP contribution in [0, 0.1) is 3.57 Å². The van der Waals surface area contributed by atoms with Gasteiger partial charge in [0.15, 0.2) is 0 Å². The van der Waals surface area contributed by atoms with Gasteiger partial charge >= 0.3 is 0 Å². The maximum Gasteiger partial charge on any atom is 0.136 e. The number of hydrogen-bond donors (Lipinski definition) is 2. The van der Waals surface area contributed by atoms with Gasteiger partial charge in [-0.1, -0.05) is 12.1 Å². The monoisotopic (exact) mass is 263 g/mol. The zero-order valence-electron chi connectivity index (χ0n) is 6.21. The molecule has 1 rings (SSSR count). The van der Waals surface area contributed by atoms with Crippen LogP contribution in [0.4, 0.5) is 0 Å². The summed E-state index contributed by atoms with van der Waals surface area (Å²) in [4.78, 5) is 0. The van der Waals surface area contributed by atoms with Crippen molar-refractivity contribution in [1.82, 2.24) is 0 Å². The summed E-state index contributed by atoms with van der Waals surface area (Å²) in [6.07, 6.45) is 0. The fraction of sp³-hybridized carbons (Fsp3) is 0.250. The van der Waals surface area contributed by atoms with E-state index in [1.807, 2.05) is 24.3 Å². The zero-order valence-corrected chi connectivity index (χ0v) is 8.37. The second-order valence-corrected chi connectivity index (χ2v) is 3.90. The van der Waals surface area contributed by atoms with Crippen LogP contribution in [0.1, 0.15) is 12.5 Å². The topological polar surface area (TPSA) is 46.2 Å². The molecular weight excluding hydrogens is 253 g/mol. The smallest absolute Gasteiger partial charge is 0.136 e. The molecule has 0 aromatic heterocycles. The van der Waals surface area contributed by atoms with Crippen molar-refractivity contribution in [2.75, 3.05) is 0 Å². The molecule has 0 spiro atoms. The first-order valence-corrected chi connectivity index (χ1v) is 4.35. The number of halogens is 1. The summed E-state index contributed by atoms with van der Waals surface area (Å²) in [5, 5.41) is 9.36. The molecule has 0 saturated carbocycles. The predicted octanol–water partition coefficient (Wildman–Crippen LogP) is 1.41. The van der Waals surface area contributed by atoms with Gasteiger partial charge in [-0.25, -0.2) is 0 Å². The van der Waals surface area contributed by atoms with Crippen LogP contribution in [0.3, 0.4) is 0 Å². The first-order valence-electron chi connectivity index (χ1n) is 3.27. The molecule has 60 valence electrons. The average molecular weight is 263 g/mol. The molecule has 1 aromatic rings. The fourth-order valence-electron chi connectivity index (χ4n) is 0.787. The van der Waals surface area contributed by atoms with E-state index in [1.165, 1.54) is 0 Å². The molecule has 2 nitrogen and oxygen atoms in total. The van der Waals surface area contributed by atoms with Crippen molar-refractivity contribution in [2.45, 2.75) is 12.6 Å². The maximum absolute atomic E-state index is 9.36. The van der Waals surface area contributed by atoms with Gasteiger partial charge in [0.2, 0.25) is 0 Å². The summed E-state index contributed by atoms with van der Waals surface area (Å²) in [6, 6.07) is 7.47. The van der Waals surface area contributed by atoms with Crippen LogP contribution in [-0.2, 0) is 5.72 Å². The molecule has 11 heavy (non-hydrogen) atoms. The van der Waals surface area contributed by atoms with Crippen molar-refractivity contribution in [3.63, 3.8) is 0 Å². The Balaban J connectivity index is 2.99. The lowest BCUT2D eigenvalue weighted by Crippen LogP contribution is -2.32. The molecule has 0 aliphatic rings. The van der Waals surface area contributed by atoms with Crippen molar-refractivity contribution < 1.29 is 5.11 Å². The summed E-state index contributed by atoms with van der Waals surface area (Å²) in [5.41, 5.74) is 4.98. The molecule has 1 atom stereocenters. The Morgan fingerprint density at radius 3 is 2.18 bits per heavy atom. The quantitative estimate of drug-likeness (QED) is 0.594. The third-order valence-electron chi connectivity index (χ3n) is 1.43. The summed E-state index contributed by atoms with van der Waals surface area (Å²) in [6.45, 7) is 1.56. The third-order valence-corrected chi connectivity index (χ3v) is 2.15. The van der Waals surface area contributed by atoms with E-state index < -0.39 is 5.72 Å². The first kappa shape index (κ1) is 8.96. The van der Waals surface area contributed by atoms with Gasteiger partial charge in [-0.2, -0.15) is 0 Å². The Morgan fingerprint density at radius 1 is 1.36 bits per heavy atom. The molecule has 0 aliphatic carbocycles. The van der Waals surface area contributed by atoms with Crippen LogP contribution < -0.4 is 5.73 Å². The molecule has 3 heteroatoms. The number of nitrogens with two attached hydrogens (primary N) is 1. The highest BCUT2D eigenvalue weighted by atomic mass is 127. The van der Waals surface area contributed by atoms with Crippen LogP contribution in [0.2, 0.25) is 0 Å². The summed E-state index contributed by atoms with van der Waals surface area (Å²) < 4.78 is 1.13. The zero-order chi connectivity index (χ0) is 8.48. The molecule has 1 unspecified atom stereocenters. The SMILES string of the molecule is CC(N)(O)c1ccc(I)cc1. The summed E-state index contributed by atoms with van der Waals surface area (Å²) >= 11 is 2.20. The Hall–Kier alpha value is -0.130. The average Bonchev–Trinajstić information content (AvgIpc) is 1.86. The van der Waals surface area contributed by atoms with Gasteiger partial charge in [0.25, 0.3) is 0 Å². The minimum Gasteiger partial charge on any atom is -0.372 e. The van der Waals surface area contributed by atoms with E-state index in [0.717, 1.165) is 9.13 Å². The van der Waals surface area contributed by atoms with Gasteiger partial charge in [-0.3, -0.25) is 0 Å². The number of hydrogen-bond acceptors (Lipinski definition) is 2. The maximum atomic E-state index is 9.36. The van der Waals surface area contributed by atoms with Crippen molar-refractivity contribution >= 4 is 22.6 Å². The Morgan fingerprint density at radius 2 is 1.82 bits per heavy atom. The second-order valence-electron chi connectivity index (χ2n) is 2.65. The van der Waals surface area contributed by atoms with Gasteiger partial charge in [-0.15, -0.1) is 0 Å². The van der Waals surface area contributed by atoms with Crippen molar-refractivity contribution in [2.24, 2.45) is 5.73 Å². The second kappa shape index (κ2) is 3.08. The van der Waals surface area contributed by atoms with E-state index >= 15 is 0 Å². The summed E-state index contributed by atoms with van der Waals surface area (Å²) in [5.74, 6) is 0. The summed E-state index contributed by atoms with van der Waals surface area (Å²) in [7, 11) is 0. The number of rotatable bonds is 1. The molecule has 1 aromatic carbocycles. The van der Waals surface area contributed by atoms with Crippen LogP contribution in [0.5, 0.6) is 0 Å². The number of benzene rings is 1. The lowest BCUT2D eigenvalue weighted by Gasteiger charge is -2.17. The van der Waals surface area contributed by atoms with Crippen LogP contribution in [0.15, 0.2) is 24.3 Å². The Labute approximate surface area is 79.6 Å². The Kier molecular flexibility index (Phi) is 2.51. The molecular formula is C8H10INO. The van der Waals surface area contributed by atoms with Crippen LogP contribution >= 0.6 is 22.6 Å². The molecule has 0 heterocycles. The Bertz CT molecular complexity index is 237. The van der Waals surface area contributed by atoms with E-state index in [1.54, 1.807) is 6.92 Å². The van der Waals surface area contributed by atoms with E-state index in [0.29, 0.717) is 0 Å². The van der Waals surface area contributed by atoms with Crippen molar-refractivity contribution in [1.29, 1.82) is 0 Å².